The maximum absolute atomic E-state index is 15.4. The third-order valence-corrected chi connectivity index (χ3v) is 5.41. The van der Waals surface area contributed by atoms with E-state index in [0.29, 0.717) is 5.82 Å². The summed E-state index contributed by atoms with van der Waals surface area (Å²) in [4.78, 5) is 14.5. The first-order valence-electron chi connectivity index (χ1n) is 9.24. The smallest absolute Gasteiger partial charge is 0.171 e. The molecule has 0 saturated carbocycles. The van der Waals surface area contributed by atoms with E-state index in [1.54, 1.807) is 18.5 Å². The van der Waals surface area contributed by atoms with E-state index < -0.39 is 5.66 Å². The van der Waals surface area contributed by atoms with Crippen molar-refractivity contribution in [3.63, 3.8) is 0 Å². The molecule has 0 aliphatic carbocycles. The number of fused-ring (bicyclic) bond motifs is 1. The molecule has 1 saturated heterocycles. The van der Waals surface area contributed by atoms with Gasteiger partial charge in [0.15, 0.2) is 5.66 Å². The van der Waals surface area contributed by atoms with Gasteiger partial charge in [0.1, 0.15) is 11.7 Å². The number of likely N-dealkylation sites (tertiary alicyclic amines) is 1. The molecule has 1 unspecified atom stereocenters. The lowest BCUT2D eigenvalue weighted by Gasteiger charge is -2.43. The van der Waals surface area contributed by atoms with E-state index in [9.17, 15) is 0 Å². The summed E-state index contributed by atoms with van der Waals surface area (Å²) in [6.45, 7) is 1.67. The summed E-state index contributed by atoms with van der Waals surface area (Å²) in [7, 11) is 0. The number of hydrogen-bond acceptors (Lipinski definition) is 4. The Hall–Kier alpha value is -2.99. The highest BCUT2D eigenvalue weighted by molar-refractivity contribution is 5.80. The molecule has 2 aromatic heterocycles. The number of H-pyrrole nitrogens is 1. The predicted octanol–water partition coefficient (Wildman–Crippen LogP) is 3.84. The van der Waals surface area contributed by atoms with Crippen molar-refractivity contribution < 1.29 is 4.39 Å². The van der Waals surface area contributed by atoms with Crippen LogP contribution in [0.3, 0.4) is 0 Å². The number of nitrogens with zero attached hydrogens (tertiary/aromatic N) is 3. The number of imidazole rings is 1. The van der Waals surface area contributed by atoms with Gasteiger partial charge in [-0.3, -0.25) is 9.88 Å². The zero-order chi connectivity index (χ0) is 18.3. The summed E-state index contributed by atoms with van der Waals surface area (Å²) >= 11 is 0. The summed E-state index contributed by atoms with van der Waals surface area (Å²) in [5, 5.41) is 3.32. The number of hydrogen-bond donors (Lipinski definition) is 2. The van der Waals surface area contributed by atoms with E-state index in [2.05, 4.69) is 20.2 Å². The molecule has 4 heterocycles. The SMILES string of the molecule is FC1=CC=CNC1(c1ccncc1-c1nc2ccccc2[nH]1)N1CCCC1. The Balaban J connectivity index is 1.72. The molecule has 0 radical (unpaired) electrons. The van der Waals surface area contributed by atoms with Gasteiger partial charge < -0.3 is 10.3 Å². The van der Waals surface area contributed by atoms with Crippen LogP contribution in [0, 0.1) is 0 Å². The molecule has 136 valence electrons. The van der Waals surface area contributed by atoms with Crippen LogP contribution in [0.15, 0.2) is 66.9 Å². The van der Waals surface area contributed by atoms with Gasteiger partial charge in [-0.15, -0.1) is 0 Å². The summed E-state index contributed by atoms with van der Waals surface area (Å²) < 4.78 is 15.4. The highest BCUT2D eigenvalue weighted by Gasteiger charge is 2.46. The second-order valence-corrected chi connectivity index (χ2v) is 6.95. The second kappa shape index (κ2) is 6.32. The fourth-order valence-electron chi connectivity index (χ4n) is 4.14. The molecule has 0 spiro atoms. The highest BCUT2D eigenvalue weighted by Crippen LogP contribution is 2.42. The van der Waals surface area contributed by atoms with Crippen molar-refractivity contribution in [1.82, 2.24) is 25.2 Å². The van der Waals surface area contributed by atoms with Crippen LogP contribution in [0.1, 0.15) is 18.4 Å². The molecule has 5 nitrogen and oxygen atoms in total. The van der Waals surface area contributed by atoms with Crippen molar-refractivity contribution in [1.29, 1.82) is 0 Å². The Morgan fingerprint density at radius 1 is 1.11 bits per heavy atom. The van der Waals surface area contributed by atoms with E-state index >= 15 is 4.39 Å². The van der Waals surface area contributed by atoms with Gasteiger partial charge in [-0.05, 0) is 49.4 Å². The van der Waals surface area contributed by atoms with Crippen LogP contribution in [0.2, 0.25) is 0 Å². The number of aromatic amines is 1. The first-order chi connectivity index (χ1) is 13.3. The van der Waals surface area contributed by atoms with Crippen LogP contribution < -0.4 is 5.32 Å². The quantitative estimate of drug-likeness (QED) is 0.744. The number of nitrogens with one attached hydrogen (secondary N) is 2. The van der Waals surface area contributed by atoms with Crippen LogP contribution in [0.4, 0.5) is 4.39 Å². The predicted molar refractivity (Wildman–Crippen MR) is 103 cm³/mol. The minimum Gasteiger partial charge on any atom is -0.364 e. The fraction of sp³-hybridized carbons (Fsp3) is 0.238. The summed E-state index contributed by atoms with van der Waals surface area (Å²) in [5.41, 5.74) is 2.42. The third-order valence-electron chi connectivity index (χ3n) is 5.41. The summed E-state index contributed by atoms with van der Waals surface area (Å²) in [6.07, 6.45) is 10.6. The van der Waals surface area contributed by atoms with Crippen LogP contribution in [-0.4, -0.2) is 32.9 Å². The normalized spacial score (nSPS) is 22.8. The Morgan fingerprint density at radius 2 is 1.96 bits per heavy atom. The topological polar surface area (TPSA) is 56.8 Å². The molecule has 2 N–H and O–H groups in total. The monoisotopic (exact) mass is 361 g/mol. The van der Waals surface area contributed by atoms with Gasteiger partial charge in [-0.2, -0.15) is 0 Å². The van der Waals surface area contributed by atoms with Gasteiger partial charge in [-0.25, -0.2) is 9.37 Å². The van der Waals surface area contributed by atoms with E-state index in [0.717, 1.165) is 48.1 Å². The maximum atomic E-state index is 15.4. The number of allylic oxidation sites excluding steroid dienone is 2. The summed E-state index contributed by atoms with van der Waals surface area (Å²) in [5.74, 6) is 0.484. The van der Waals surface area contributed by atoms with Gasteiger partial charge in [-0.1, -0.05) is 12.1 Å². The molecule has 5 rings (SSSR count). The Morgan fingerprint density at radius 3 is 2.78 bits per heavy atom. The number of dihydropyridines is 1. The van der Waals surface area contributed by atoms with Crippen molar-refractivity contribution in [3.8, 4) is 11.4 Å². The van der Waals surface area contributed by atoms with Crippen LogP contribution in [0.5, 0.6) is 0 Å². The van der Waals surface area contributed by atoms with Crippen molar-refractivity contribution in [2.75, 3.05) is 13.1 Å². The van der Waals surface area contributed by atoms with Crippen molar-refractivity contribution >= 4 is 11.0 Å². The van der Waals surface area contributed by atoms with Gasteiger partial charge in [0.25, 0.3) is 0 Å². The average molecular weight is 361 g/mol. The minimum atomic E-state index is -1.03. The second-order valence-electron chi connectivity index (χ2n) is 6.95. The van der Waals surface area contributed by atoms with E-state index in [1.165, 1.54) is 6.08 Å². The molecular formula is C21H20FN5. The number of halogens is 1. The maximum Gasteiger partial charge on any atom is 0.171 e. The fourth-order valence-corrected chi connectivity index (χ4v) is 4.14. The van der Waals surface area contributed by atoms with Gasteiger partial charge in [0.2, 0.25) is 0 Å². The summed E-state index contributed by atoms with van der Waals surface area (Å²) in [6, 6.07) is 9.76. The van der Waals surface area contributed by atoms with Crippen LogP contribution in [-0.2, 0) is 5.66 Å². The lowest BCUT2D eigenvalue weighted by Crippen LogP contribution is -2.55. The van der Waals surface area contributed by atoms with Crippen LogP contribution in [0.25, 0.3) is 22.4 Å². The van der Waals surface area contributed by atoms with Crippen LogP contribution >= 0.6 is 0 Å². The number of pyridine rings is 1. The molecule has 6 heteroatoms. The zero-order valence-electron chi connectivity index (χ0n) is 14.8. The number of benzene rings is 1. The Bertz CT molecular complexity index is 1010. The molecule has 0 amide bonds. The van der Waals surface area contributed by atoms with E-state index in [4.69, 9.17) is 4.98 Å². The molecule has 27 heavy (non-hydrogen) atoms. The molecule has 2 aliphatic heterocycles. The Labute approximate surface area is 156 Å². The number of aromatic nitrogens is 3. The largest absolute Gasteiger partial charge is 0.364 e. The molecule has 1 fully saturated rings. The first-order valence-corrected chi connectivity index (χ1v) is 9.24. The number of para-hydroxylation sites is 2. The van der Waals surface area contributed by atoms with Crippen molar-refractivity contribution in [3.05, 3.63) is 72.5 Å². The third kappa shape index (κ3) is 2.48. The Kier molecular flexibility index (Phi) is 3.79. The molecule has 2 aliphatic rings. The first kappa shape index (κ1) is 16.2. The molecule has 1 atom stereocenters. The number of rotatable bonds is 3. The lowest BCUT2D eigenvalue weighted by molar-refractivity contribution is 0.102. The standard InChI is InChI=1S/C21H20FN5/c22-19-8-5-10-24-21(19,27-12-3-4-13-27)16-9-11-23-14-15(16)20-25-17-6-1-2-7-18(17)26-20/h1-2,5-11,14,24H,3-4,12-13H2,(H,25,26). The van der Waals surface area contributed by atoms with E-state index in [1.807, 2.05) is 36.5 Å². The average Bonchev–Trinajstić information content (AvgIpc) is 3.39. The van der Waals surface area contributed by atoms with Gasteiger partial charge in [0, 0.05) is 36.6 Å². The van der Waals surface area contributed by atoms with Gasteiger partial charge >= 0.3 is 0 Å². The van der Waals surface area contributed by atoms with E-state index in [-0.39, 0.29) is 5.83 Å². The minimum absolute atomic E-state index is 0.213. The molecule has 3 aromatic rings. The molecule has 0 bridgehead atoms. The zero-order valence-corrected chi connectivity index (χ0v) is 14.8. The van der Waals surface area contributed by atoms with Gasteiger partial charge in [0.05, 0.1) is 11.0 Å². The lowest BCUT2D eigenvalue weighted by atomic mass is 9.90. The highest BCUT2D eigenvalue weighted by atomic mass is 19.1. The molecule has 1 aromatic carbocycles. The molecular weight excluding hydrogens is 341 g/mol. The van der Waals surface area contributed by atoms with Crippen molar-refractivity contribution in [2.45, 2.75) is 18.5 Å². The van der Waals surface area contributed by atoms with Crippen molar-refractivity contribution in [2.24, 2.45) is 0 Å².